The standard InChI is InChI=1S/C23H27FN2O3/c1-16(2)29-21-6-4-3-5-20(21)25-23(28)18-11-13-26(14-12-18)22(27)15-17-7-9-19(24)10-8-17/h3-10,16,18H,11-15H2,1-2H3,(H,25,28). The fourth-order valence-electron chi connectivity index (χ4n) is 3.44. The molecule has 1 saturated heterocycles. The molecule has 2 amide bonds. The molecule has 5 nitrogen and oxygen atoms in total. The molecule has 6 heteroatoms. The number of rotatable bonds is 6. The number of amides is 2. The van der Waals surface area contributed by atoms with Crippen LogP contribution in [-0.4, -0.2) is 35.9 Å². The molecule has 0 bridgehead atoms. The van der Waals surface area contributed by atoms with Gasteiger partial charge in [-0.1, -0.05) is 24.3 Å². The summed E-state index contributed by atoms with van der Waals surface area (Å²) in [7, 11) is 0. The van der Waals surface area contributed by atoms with Crippen molar-refractivity contribution < 1.29 is 18.7 Å². The summed E-state index contributed by atoms with van der Waals surface area (Å²) in [5, 5.41) is 2.97. The molecule has 29 heavy (non-hydrogen) atoms. The summed E-state index contributed by atoms with van der Waals surface area (Å²) in [6.45, 7) is 4.97. The van der Waals surface area contributed by atoms with Crippen molar-refractivity contribution in [2.24, 2.45) is 5.92 Å². The smallest absolute Gasteiger partial charge is 0.227 e. The predicted molar refractivity (Wildman–Crippen MR) is 110 cm³/mol. The number of nitrogens with one attached hydrogen (secondary N) is 1. The Morgan fingerprint density at radius 2 is 1.76 bits per heavy atom. The number of halogens is 1. The van der Waals surface area contributed by atoms with Gasteiger partial charge < -0.3 is 15.0 Å². The molecule has 1 heterocycles. The van der Waals surface area contributed by atoms with Gasteiger partial charge in [0.1, 0.15) is 11.6 Å². The van der Waals surface area contributed by atoms with Gasteiger partial charge in [-0.05, 0) is 56.5 Å². The molecule has 1 N–H and O–H groups in total. The number of ether oxygens (including phenoxy) is 1. The van der Waals surface area contributed by atoms with Gasteiger partial charge in [0.05, 0.1) is 18.2 Å². The number of likely N-dealkylation sites (tertiary alicyclic amines) is 1. The lowest BCUT2D eigenvalue weighted by Gasteiger charge is -2.31. The average Bonchev–Trinajstić information content (AvgIpc) is 2.71. The summed E-state index contributed by atoms with van der Waals surface area (Å²) in [5.41, 5.74) is 1.46. The van der Waals surface area contributed by atoms with Gasteiger partial charge in [-0.25, -0.2) is 4.39 Å². The monoisotopic (exact) mass is 398 g/mol. The number of carbonyl (C=O) groups is 2. The second-order valence-corrected chi connectivity index (χ2v) is 7.61. The summed E-state index contributed by atoms with van der Waals surface area (Å²) < 4.78 is 18.8. The first-order chi connectivity index (χ1) is 13.9. The SMILES string of the molecule is CC(C)Oc1ccccc1NC(=O)C1CCN(C(=O)Cc2ccc(F)cc2)CC1. The van der Waals surface area contributed by atoms with Crippen molar-refractivity contribution in [3.63, 3.8) is 0 Å². The van der Waals surface area contributed by atoms with Crippen LogP contribution in [0, 0.1) is 11.7 Å². The maximum atomic E-state index is 13.0. The first kappa shape index (κ1) is 20.8. The zero-order chi connectivity index (χ0) is 20.8. The number of benzene rings is 2. The van der Waals surface area contributed by atoms with Crippen molar-refractivity contribution >= 4 is 17.5 Å². The lowest BCUT2D eigenvalue weighted by Crippen LogP contribution is -2.42. The second kappa shape index (κ2) is 9.54. The van der Waals surface area contributed by atoms with Crippen LogP contribution in [0.1, 0.15) is 32.3 Å². The maximum Gasteiger partial charge on any atom is 0.227 e. The third-order valence-electron chi connectivity index (χ3n) is 4.99. The number of hydrogen-bond acceptors (Lipinski definition) is 3. The van der Waals surface area contributed by atoms with E-state index in [2.05, 4.69) is 5.32 Å². The summed E-state index contributed by atoms with van der Waals surface area (Å²) in [6.07, 6.45) is 1.50. The van der Waals surface area contributed by atoms with Crippen molar-refractivity contribution in [3.05, 3.63) is 59.9 Å². The summed E-state index contributed by atoms with van der Waals surface area (Å²) in [6, 6.07) is 13.4. The molecular formula is C23H27FN2O3. The third kappa shape index (κ3) is 5.79. The van der Waals surface area contributed by atoms with Gasteiger partial charge in [0, 0.05) is 19.0 Å². The number of carbonyl (C=O) groups excluding carboxylic acids is 2. The van der Waals surface area contributed by atoms with Crippen LogP contribution < -0.4 is 10.1 Å². The van der Waals surface area contributed by atoms with Crippen LogP contribution in [0.2, 0.25) is 0 Å². The van der Waals surface area contributed by atoms with E-state index >= 15 is 0 Å². The molecule has 0 radical (unpaired) electrons. The molecule has 2 aromatic rings. The minimum atomic E-state index is -0.312. The normalized spacial score (nSPS) is 14.7. The van der Waals surface area contributed by atoms with Crippen LogP contribution in [0.5, 0.6) is 5.75 Å². The molecule has 1 fully saturated rings. The fourth-order valence-corrected chi connectivity index (χ4v) is 3.44. The van der Waals surface area contributed by atoms with E-state index in [0.29, 0.717) is 37.4 Å². The van der Waals surface area contributed by atoms with Crippen LogP contribution in [0.3, 0.4) is 0 Å². The number of piperidine rings is 1. The van der Waals surface area contributed by atoms with Crippen molar-refractivity contribution in [1.82, 2.24) is 4.90 Å². The Morgan fingerprint density at radius 3 is 2.41 bits per heavy atom. The first-order valence-electron chi connectivity index (χ1n) is 10.0. The van der Waals surface area contributed by atoms with Gasteiger partial charge >= 0.3 is 0 Å². The van der Waals surface area contributed by atoms with Gasteiger partial charge in [0.15, 0.2) is 0 Å². The molecule has 0 unspecified atom stereocenters. The summed E-state index contributed by atoms with van der Waals surface area (Å²) >= 11 is 0. The van der Waals surface area contributed by atoms with E-state index < -0.39 is 0 Å². The Morgan fingerprint density at radius 1 is 1.10 bits per heavy atom. The molecular weight excluding hydrogens is 371 g/mol. The Hall–Kier alpha value is -2.89. The van der Waals surface area contributed by atoms with Gasteiger partial charge in [-0.3, -0.25) is 9.59 Å². The largest absolute Gasteiger partial charge is 0.489 e. The number of anilines is 1. The van der Waals surface area contributed by atoms with Crippen LogP contribution in [-0.2, 0) is 16.0 Å². The van der Waals surface area contributed by atoms with E-state index in [1.807, 2.05) is 38.1 Å². The Kier molecular flexibility index (Phi) is 6.86. The highest BCUT2D eigenvalue weighted by Gasteiger charge is 2.27. The maximum absolute atomic E-state index is 13.0. The fraction of sp³-hybridized carbons (Fsp3) is 0.391. The van der Waals surface area contributed by atoms with Crippen LogP contribution >= 0.6 is 0 Å². The minimum absolute atomic E-state index is 0.00569. The average molecular weight is 398 g/mol. The van der Waals surface area contributed by atoms with E-state index in [4.69, 9.17) is 4.74 Å². The van der Waals surface area contributed by atoms with E-state index in [1.165, 1.54) is 12.1 Å². The quantitative estimate of drug-likeness (QED) is 0.799. The van der Waals surface area contributed by atoms with Crippen molar-refractivity contribution in [2.75, 3.05) is 18.4 Å². The zero-order valence-corrected chi connectivity index (χ0v) is 16.9. The van der Waals surface area contributed by atoms with Crippen molar-refractivity contribution in [3.8, 4) is 5.75 Å². The first-order valence-corrected chi connectivity index (χ1v) is 10.0. The highest BCUT2D eigenvalue weighted by molar-refractivity contribution is 5.94. The predicted octanol–water partition coefficient (Wildman–Crippen LogP) is 4.03. The van der Waals surface area contributed by atoms with Crippen molar-refractivity contribution in [2.45, 2.75) is 39.2 Å². The molecule has 0 atom stereocenters. The van der Waals surface area contributed by atoms with E-state index in [1.54, 1.807) is 17.0 Å². The number of para-hydroxylation sites is 2. The number of hydrogen-bond donors (Lipinski definition) is 1. The third-order valence-corrected chi connectivity index (χ3v) is 4.99. The van der Waals surface area contributed by atoms with Crippen LogP contribution in [0.15, 0.2) is 48.5 Å². The number of nitrogens with zero attached hydrogens (tertiary/aromatic N) is 1. The molecule has 0 spiro atoms. The molecule has 3 rings (SSSR count). The highest BCUT2D eigenvalue weighted by atomic mass is 19.1. The summed E-state index contributed by atoms with van der Waals surface area (Å²) in [4.78, 5) is 27.0. The van der Waals surface area contributed by atoms with Gasteiger partial charge in [-0.15, -0.1) is 0 Å². The molecule has 0 aliphatic carbocycles. The van der Waals surface area contributed by atoms with Crippen LogP contribution in [0.4, 0.5) is 10.1 Å². The lowest BCUT2D eigenvalue weighted by atomic mass is 9.95. The van der Waals surface area contributed by atoms with Gasteiger partial charge in [0.25, 0.3) is 0 Å². The van der Waals surface area contributed by atoms with Gasteiger partial charge in [0.2, 0.25) is 11.8 Å². The van der Waals surface area contributed by atoms with E-state index in [0.717, 1.165) is 5.56 Å². The Balaban J connectivity index is 1.52. The molecule has 0 aromatic heterocycles. The lowest BCUT2D eigenvalue weighted by molar-refractivity contribution is -0.133. The minimum Gasteiger partial charge on any atom is -0.489 e. The molecule has 1 aliphatic rings. The second-order valence-electron chi connectivity index (χ2n) is 7.61. The Bertz CT molecular complexity index is 843. The molecule has 2 aromatic carbocycles. The van der Waals surface area contributed by atoms with Gasteiger partial charge in [-0.2, -0.15) is 0 Å². The molecule has 1 aliphatic heterocycles. The molecule has 0 saturated carbocycles. The van der Waals surface area contributed by atoms with Crippen LogP contribution in [0.25, 0.3) is 0 Å². The molecule has 154 valence electrons. The highest BCUT2D eigenvalue weighted by Crippen LogP contribution is 2.27. The Labute approximate surface area is 170 Å². The summed E-state index contributed by atoms with van der Waals surface area (Å²) in [5.74, 6) is 0.162. The van der Waals surface area contributed by atoms with E-state index in [-0.39, 0.29) is 36.1 Å². The van der Waals surface area contributed by atoms with Crippen molar-refractivity contribution in [1.29, 1.82) is 0 Å². The zero-order valence-electron chi connectivity index (χ0n) is 16.9. The topological polar surface area (TPSA) is 58.6 Å². The van der Waals surface area contributed by atoms with E-state index in [9.17, 15) is 14.0 Å².